The monoisotopic (exact) mass is 503 g/mol. The van der Waals surface area contributed by atoms with Gasteiger partial charge in [0, 0.05) is 23.7 Å². The maximum atomic E-state index is 11.8. The van der Waals surface area contributed by atoms with Crippen molar-refractivity contribution in [3.63, 3.8) is 0 Å². The highest BCUT2D eigenvalue weighted by Gasteiger charge is 2.19. The third kappa shape index (κ3) is 3.70. The zero-order valence-electron chi connectivity index (χ0n) is 20.3. The number of ether oxygens (including phenoxy) is 2. The molecule has 186 valence electrons. The van der Waals surface area contributed by atoms with Crippen molar-refractivity contribution in [2.45, 2.75) is 13.3 Å². The molecular formula is C28H21N7O3. The number of para-hydroxylation sites is 1. The summed E-state index contributed by atoms with van der Waals surface area (Å²) in [5.74, 6) is 1.99. The molecule has 10 heteroatoms. The van der Waals surface area contributed by atoms with Crippen LogP contribution in [0.2, 0.25) is 0 Å². The Morgan fingerprint density at radius 2 is 1.87 bits per heavy atom. The third-order valence-electron chi connectivity index (χ3n) is 6.47. The number of aromatic nitrogens is 6. The standard InChI is InChI=1S/C28H21N7O3/c1-2-24(36)30-17-10-16(12-29-13-17)19-7-8-21-26(31-19)27(35-34-21)28-32-20-5-3-4-18(25(20)33-28)15-6-9-22-23(11-15)38-14-37-22/h3-13H,2,14H2,1H3,(H,30,36)(H,32,33)(H,34,35). The summed E-state index contributed by atoms with van der Waals surface area (Å²) in [5, 5.41) is 10.4. The van der Waals surface area contributed by atoms with Crippen molar-refractivity contribution < 1.29 is 14.3 Å². The van der Waals surface area contributed by atoms with Gasteiger partial charge < -0.3 is 19.8 Å². The van der Waals surface area contributed by atoms with Crippen LogP contribution >= 0.6 is 0 Å². The average Bonchev–Trinajstić information content (AvgIpc) is 3.69. The second-order valence-corrected chi connectivity index (χ2v) is 8.88. The van der Waals surface area contributed by atoms with Crippen LogP contribution in [0.4, 0.5) is 5.69 Å². The first-order valence-electron chi connectivity index (χ1n) is 12.2. The van der Waals surface area contributed by atoms with Crippen LogP contribution in [-0.4, -0.2) is 42.8 Å². The molecule has 10 nitrogen and oxygen atoms in total. The lowest BCUT2D eigenvalue weighted by Gasteiger charge is -2.06. The molecule has 1 aliphatic rings. The number of amides is 1. The summed E-state index contributed by atoms with van der Waals surface area (Å²) in [6, 6.07) is 17.5. The summed E-state index contributed by atoms with van der Waals surface area (Å²) in [7, 11) is 0. The second kappa shape index (κ2) is 8.70. The SMILES string of the molecule is CCC(=O)Nc1cncc(-c2ccc3[nH]nc(-c4nc5c(-c6ccc7c(c6)OCO7)cccc5[nH]4)c3n2)c1. The van der Waals surface area contributed by atoms with E-state index in [1.54, 1.807) is 19.3 Å². The van der Waals surface area contributed by atoms with Crippen molar-refractivity contribution in [2.75, 3.05) is 12.1 Å². The smallest absolute Gasteiger partial charge is 0.231 e. The maximum Gasteiger partial charge on any atom is 0.231 e. The molecule has 38 heavy (non-hydrogen) atoms. The highest BCUT2D eigenvalue weighted by molar-refractivity contribution is 5.97. The number of pyridine rings is 2. The van der Waals surface area contributed by atoms with Gasteiger partial charge in [-0.15, -0.1) is 0 Å². The lowest BCUT2D eigenvalue weighted by Crippen LogP contribution is -2.09. The fraction of sp³-hybridized carbons (Fsp3) is 0.107. The van der Waals surface area contributed by atoms with Gasteiger partial charge in [0.15, 0.2) is 23.0 Å². The zero-order valence-corrected chi connectivity index (χ0v) is 20.3. The number of carbonyl (C=O) groups excluding carboxylic acids is 1. The first-order valence-corrected chi connectivity index (χ1v) is 12.2. The van der Waals surface area contributed by atoms with Gasteiger partial charge >= 0.3 is 0 Å². The van der Waals surface area contributed by atoms with Crippen molar-refractivity contribution in [3.05, 3.63) is 67.0 Å². The molecule has 0 fully saturated rings. The molecule has 0 aliphatic carbocycles. The molecule has 3 N–H and O–H groups in total. The van der Waals surface area contributed by atoms with Gasteiger partial charge in [0.05, 0.1) is 34.1 Å². The fourth-order valence-electron chi connectivity index (χ4n) is 4.56. The summed E-state index contributed by atoms with van der Waals surface area (Å²) < 4.78 is 11.0. The van der Waals surface area contributed by atoms with Crippen molar-refractivity contribution in [1.29, 1.82) is 0 Å². The summed E-state index contributed by atoms with van der Waals surface area (Å²) in [6.45, 7) is 2.03. The van der Waals surface area contributed by atoms with E-state index in [1.807, 2.05) is 54.6 Å². The van der Waals surface area contributed by atoms with Crippen molar-refractivity contribution >= 4 is 33.7 Å². The highest BCUT2D eigenvalue weighted by Crippen LogP contribution is 2.38. The summed E-state index contributed by atoms with van der Waals surface area (Å²) in [5.41, 5.74) is 7.82. The Morgan fingerprint density at radius 1 is 0.947 bits per heavy atom. The van der Waals surface area contributed by atoms with Crippen LogP contribution in [0.1, 0.15) is 13.3 Å². The zero-order chi connectivity index (χ0) is 25.6. The molecule has 1 amide bonds. The first kappa shape index (κ1) is 22.0. The van der Waals surface area contributed by atoms with E-state index in [2.05, 4.69) is 25.5 Å². The van der Waals surface area contributed by atoms with Crippen LogP contribution in [0.5, 0.6) is 11.5 Å². The minimum atomic E-state index is -0.0746. The molecule has 0 unspecified atom stereocenters. The Hall–Kier alpha value is -5.25. The first-order chi connectivity index (χ1) is 18.7. The topological polar surface area (TPSA) is 131 Å². The Balaban J connectivity index is 1.29. The molecule has 6 aromatic rings. The third-order valence-corrected chi connectivity index (χ3v) is 6.47. The summed E-state index contributed by atoms with van der Waals surface area (Å²) in [6.07, 6.45) is 3.72. The van der Waals surface area contributed by atoms with E-state index in [9.17, 15) is 4.79 Å². The summed E-state index contributed by atoms with van der Waals surface area (Å²) in [4.78, 5) is 29.3. The normalized spacial score (nSPS) is 12.3. The van der Waals surface area contributed by atoms with Crippen LogP contribution < -0.4 is 14.8 Å². The minimum Gasteiger partial charge on any atom is -0.454 e. The molecule has 0 bridgehead atoms. The van der Waals surface area contributed by atoms with Gasteiger partial charge in [-0.25, -0.2) is 9.97 Å². The molecular weight excluding hydrogens is 482 g/mol. The number of aromatic amines is 2. The molecule has 0 saturated carbocycles. The van der Waals surface area contributed by atoms with Gasteiger partial charge in [0.2, 0.25) is 12.7 Å². The van der Waals surface area contributed by atoms with E-state index >= 15 is 0 Å². The number of rotatable bonds is 5. The van der Waals surface area contributed by atoms with Gasteiger partial charge in [0.25, 0.3) is 0 Å². The molecule has 1 aliphatic heterocycles. The lowest BCUT2D eigenvalue weighted by atomic mass is 10.0. The predicted molar refractivity (Wildman–Crippen MR) is 143 cm³/mol. The number of nitrogens with one attached hydrogen (secondary N) is 3. The maximum absolute atomic E-state index is 11.8. The molecule has 0 spiro atoms. The van der Waals surface area contributed by atoms with Gasteiger partial charge in [-0.3, -0.25) is 14.9 Å². The predicted octanol–water partition coefficient (Wildman–Crippen LogP) is 5.31. The van der Waals surface area contributed by atoms with E-state index in [4.69, 9.17) is 19.4 Å². The van der Waals surface area contributed by atoms with Crippen LogP contribution in [0.15, 0.2) is 67.0 Å². The minimum absolute atomic E-state index is 0.0746. The Morgan fingerprint density at radius 3 is 2.79 bits per heavy atom. The van der Waals surface area contributed by atoms with E-state index in [0.717, 1.165) is 44.7 Å². The van der Waals surface area contributed by atoms with Gasteiger partial charge in [-0.1, -0.05) is 25.1 Å². The number of nitrogens with zero attached hydrogens (tertiary/aromatic N) is 4. The molecule has 2 aromatic carbocycles. The number of anilines is 1. The van der Waals surface area contributed by atoms with Crippen LogP contribution in [0.25, 0.3) is 56.0 Å². The van der Waals surface area contributed by atoms with Gasteiger partial charge in [0.1, 0.15) is 5.52 Å². The van der Waals surface area contributed by atoms with Gasteiger partial charge in [-0.05, 0) is 42.0 Å². The van der Waals surface area contributed by atoms with E-state index < -0.39 is 0 Å². The molecule has 0 radical (unpaired) electrons. The molecule has 5 heterocycles. The average molecular weight is 504 g/mol. The largest absolute Gasteiger partial charge is 0.454 e. The quantitative estimate of drug-likeness (QED) is 0.291. The van der Waals surface area contributed by atoms with Crippen LogP contribution in [-0.2, 0) is 4.79 Å². The molecule has 7 rings (SSSR count). The highest BCUT2D eigenvalue weighted by atomic mass is 16.7. The summed E-state index contributed by atoms with van der Waals surface area (Å²) >= 11 is 0. The molecule has 0 atom stereocenters. The Labute approximate surface area is 216 Å². The van der Waals surface area contributed by atoms with E-state index in [-0.39, 0.29) is 12.7 Å². The molecule has 4 aromatic heterocycles. The Kier molecular flexibility index (Phi) is 5.03. The number of fused-ring (bicyclic) bond motifs is 3. The number of benzene rings is 2. The number of hydrogen-bond acceptors (Lipinski definition) is 7. The van der Waals surface area contributed by atoms with Crippen LogP contribution in [0.3, 0.4) is 0 Å². The molecule has 0 saturated heterocycles. The number of carbonyl (C=O) groups is 1. The van der Waals surface area contributed by atoms with Crippen molar-refractivity contribution in [2.24, 2.45) is 0 Å². The van der Waals surface area contributed by atoms with Crippen molar-refractivity contribution in [3.8, 4) is 45.4 Å². The number of imidazole rings is 1. The van der Waals surface area contributed by atoms with Crippen LogP contribution in [0, 0.1) is 0 Å². The van der Waals surface area contributed by atoms with E-state index in [1.165, 1.54) is 0 Å². The van der Waals surface area contributed by atoms with E-state index in [0.29, 0.717) is 34.8 Å². The Bertz CT molecular complexity index is 1860. The fourth-order valence-corrected chi connectivity index (χ4v) is 4.56. The number of H-pyrrole nitrogens is 2. The van der Waals surface area contributed by atoms with Gasteiger partial charge in [-0.2, -0.15) is 5.10 Å². The number of hydrogen-bond donors (Lipinski definition) is 3. The lowest BCUT2D eigenvalue weighted by molar-refractivity contribution is -0.115. The second-order valence-electron chi connectivity index (χ2n) is 8.88. The van der Waals surface area contributed by atoms with Crippen molar-refractivity contribution in [1.82, 2.24) is 30.1 Å².